The van der Waals surface area contributed by atoms with Crippen LogP contribution in [0, 0.1) is 0 Å². The van der Waals surface area contributed by atoms with Crippen LogP contribution < -0.4 is 16.6 Å². The fourth-order valence-electron chi connectivity index (χ4n) is 5.02. The number of amides is 2. The number of hydrogen-bond donors (Lipinski definition) is 3. The van der Waals surface area contributed by atoms with Crippen molar-refractivity contribution in [1.29, 1.82) is 0 Å². The van der Waals surface area contributed by atoms with Crippen molar-refractivity contribution in [2.24, 2.45) is 12.8 Å². The van der Waals surface area contributed by atoms with Crippen LogP contribution in [0.2, 0.25) is 5.15 Å². The Morgan fingerprint density at radius 1 is 1.21 bits per heavy atom. The van der Waals surface area contributed by atoms with Crippen LogP contribution in [0.1, 0.15) is 43.2 Å². The normalized spacial score (nSPS) is 16.9. The average molecular weight is 560 g/mol. The Balaban J connectivity index is 1.69. The van der Waals surface area contributed by atoms with Crippen LogP contribution in [-0.2, 0) is 34.4 Å². The highest BCUT2D eigenvalue weighted by Crippen LogP contribution is 2.20. The molecule has 1 aromatic carbocycles. The van der Waals surface area contributed by atoms with E-state index in [1.54, 1.807) is 6.07 Å². The maximum atomic E-state index is 13.2. The summed E-state index contributed by atoms with van der Waals surface area (Å²) in [4.78, 5) is 52.8. The third kappa shape index (κ3) is 8.91. The van der Waals surface area contributed by atoms with Gasteiger partial charge in [-0.2, -0.15) is 0 Å². The van der Waals surface area contributed by atoms with Gasteiger partial charge in [0.1, 0.15) is 11.2 Å². The number of nitrogens with two attached hydrogens (primary N) is 1. The van der Waals surface area contributed by atoms with Gasteiger partial charge in [0.2, 0.25) is 12.3 Å². The zero-order valence-corrected chi connectivity index (χ0v) is 23.1. The van der Waals surface area contributed by atoms with Gasteiger partial charge < -0.3 is 25.6 Å². The van der Waals surface area contributed by atoms with Crippen LogP contribution in [0.5, 0.6) is 0 Å². The molecule has 10 nitrogen and oxygen atoms in total. The number of nitrogens with zero attached hydrogens (tertiary/aromatic N) is 3. The lowest BCUT2D eigenvalue weighted by molar-refractivity contribution is -0.139. The second kappa shape index (κ2) is 14.8. The van der Waals surface area contributed by atoms with E-state index in [-0.39, 0.29) is 48.7 Å². The maximum Gasteiger partial charge on any atom is 0.303 e. The minimum Gasteiger partial charge on any atom is -0.481 e. The predicted octanol–water partition coefficient (Wildman–Crippen LogP) is 1.77. The molecule has 3 rings (SSSR count). The molecule has 0 bridgehead atoms. The Morgan fingerprint density at radius 2 is 1.95 bits per heavy atom. The number of benzene rings is 1. The van der Waals surface area contributed by atoms with E-state index in [1.807, 2.05) is 18.2 Å². The van der Waals surface area contributed by atoms with E-state index in [0.717, 1.165) is 32.4 Å². The van der Waals surface area contributed by atoms with E-state index in [2.05, 4.69) is 22.3 Å². The number of aliphatic carboxylic acids is 1. The van der Waals surface area contributed by atoms with Crippen LogP contribution in [0.3, 0.4) is 0 Å². The number of pyridine rings is 1. The first-order valence-electron chi connectivity index (χ1n) is 13.3. The van der Waals surface area contributed by atoms with Gasteiger partial charge in [0, 0.05) is 57.3 Å². The summed E-state index contributed by atoms with van der Waals surface area (Å²) >= 11 is 5.97. The summed E-state index contributed by atoms with van der Waals surface area (Å²) in [7, 11) is 1.53. The van der Waals surface area contributed by atoms with Gasteiger partial charge >= 0.3 is 5.97 Å². The molecule has 1 fully saturated rings. The molecule has 4 N–H and O–H groups in total. The number of likely N-dealkylation sites (tertiary alicyclic amines) is 1. The first-order valence-corrected chi connectivity index (χ1v) is 13.7. The van der Waals surface area contributed by atoms with Crippen molar-refractivity contribution in [3.8, 4) is 0 Å². The zero-order chi connectivity index (χ0) is 28.4. The third-order valence-corrected chi connectivity index (χ3v) is 7.73. The van der Waals surface area contributed by atoms with Crippen LogP contribution in [0.25, 0.3) is 0 Å². The van der Waals surface area contributed by atoms with E-state index in [9.17, 15) is 24.3 Å². The lowest BCUT2D eigenvalue weighted by Crippen LogP contribution is -2.48. The minimum atomic E-state index is -1.06. The van der Waals surface area contributed by atoms with Crippen LogP contribution in [-0.4, -0.2) is 75.5 Å². The molecule has 1 aliphatic heterocycles. The highest BCUT2D eigenvalue weighted by molar-refractivity contribution is 6.29. The molecule has 0 spiro atoms. The number of carboxylic acid groups (broad SMARTS) is 1. The van der Waals surface area contributed by atoms with Crippen molar-refractivity contribution in [3.05, 3.63) is 69.1 Å². The van der Waals surface area contributed by atoms with Gasteiger partial charge in [0.25, 0.3) is 5.56 Å². The van der Waals surface area contributed by atoms with Gasteiger partial charge in [0.05, 0.1) is 0 Å². The number of hydrogen-bond acceptors (Lipinski definition) is 6. The van der Waals surface area contributed by atoms with E-state index in [1.165, 1.54) is 28.1 Å². The molecule has 2 unspecified atom stereocenters. The van der Waals surface area contributed by atoms with E-state index >= 15 is 0 Å². The number of halogens is 1. The smallest absolute Gasteiger partial charge is 0.303 e. The van der Waals surface area contributed by atoms with Gasteiger partial charge in [-0.05, 0) is 49.8 Å². The molecule has 39 heavy (non-hydrogen) atoms. The van der Waals surface area contributed by atoms with Crippen molar-refractivity contribution >= 4 is 29.9 Å². The Kier molecular flexibility index (Phi) is 11.5. The summed E-state index contributed by atoms with van der Waals surface area (Å²) in [6.07, 6.45) is 3.56. The second-order valence-electron chi connectivity index (χ2n) is 10.1. The molecule has 1 aromatic heterocycles. The Morgan fingerprint density at radius 3 is 2.59 bits per heavy atom. The highest BCUT2D eigenvalue weighted by atomic mass is 35.5. The van der Waals surface area contributed by atoms with Crippen molar-refractivity contribution in [2.75, 3.05) is 19.6 Å². The fraction of sp³-hybridized carbons (Fsp3) is 0.500. The first kappa shape index (κ1) is 30.3. The number of nitrogens with one attached hydrogen (secondary N) is 1. The lowest BCUT2D eigenvalue weighted by Gasteiger charge is -2.32. The summed E-state index contributed by atoms with van der Waals surface area (Å²) in [5, 5.41) is 12.2. The monoisotopic (exact) mass is 559 g/mol. The Hall–Kier alpha value is -3.21. The number of rotatable bonds is 15. The quantitative estimate of drug-likeness (QED) is 0.223. The summed E-state index contributed by atoms with van der Waals surface area (Å²) in [5.74, 6) is -1.57. The SMILES string of the molecule is Cn1c(Cl)ccc(CNC(=O)[C@@H](CCC(=O)O)N(C=O)CCC(CCc2ccccc2)N2CCC(N)C2)c1=O. The van der Waals surface area contributed by atoms with E-state index < -0.39 is 17.9 Å². The van der Waals surface area contributed by atoms with Crippen LogP contribution in [0.4, 0.5) is 0 Å². The molecule has 11 heteroatoms. The molecule has 3 atom stereocenters. The maximum absolute atomic E-state index is 13.2. The molecular weight excluding hydrogens is 522 g/mol. The van der Waals surface area contributed by atoms with Gasteiger partial charge in [-0.1, -0.05) is 41.9 Å². The van der Waals surface area contributed by atoms with Gasteiger partial charge in [0.15, 0.2) is 0 Å². The van der Waals surface area contributed by atoms with Gasteiger partial charge in [-0.3, -0.25) is 24.1 Å². The van der Waals surface area contributed by atoms with Crippen molar-refractivity contribution in [1.82, 2.24) is 19.7 Å². The average Bonchev–Trinajstić information content (AvgIpc) is 3.36. The number of aromatic nitrogens is 1. The standard InChI is InChI=1S/C28H38ClN5O5/c1-32-25(29)11-8-21(28(32)39)17-31-27(38)24(10-12-26(36)37)34(19-35)16-14-23(33-15-13-22(30)18-33)9-7-20-5-3-2-4-6-20/h2-6,8,11,19,22-24H,7,9-10,12-18,30H2,1H3,(H,31,38)(H,36,37)/t22?,23?,24-/m1/s1. The number of carbonyl (C=O) groups excluding carboxylic acids is 2. The van der Waals surface area contributed by atoms with Crippen molar-refractivity contribution < 1.29 is 19.5 Å². The first-order chi connectivity index (χ1) is 18.7. The molecular formula is C28H38ClN5O5. The molecule has 2 heterocycles. The van der Waals surface area contributed by atoms with E-state index in [0.29, 0.717) is 18.4 Å². The zero-order valence-electron chi connectivity index (χ0n) is 22.3. The summed E-state index contributed by atoms with van der Waals surface area (Å²) in [5.41, 5.74) is 7.38. The number of aryl methyl sites for hydroxylation is 1. The minimum absolute atomic E-state index is 0.0399. The largest absolute Gasteiger partial charge is 0.481 e. The predicted molar refractivity (Wildman–Crippen MR) is 149 cm³/mol. The highest BCUT2D eigenvalue weighted by Gasteiger charge is 2.30. The molecule has 2 aromatic rings. The summed E-state index contributed by atoms with van der Waals surface area (Å²) < 4.78 is 1.27. The third-order valence-electron chi connectivity index (χ3n) is 7.35. The molecule has 0 aliphatic carbocycles. The Bertz CT molecular complexity index is 1170. The molecule has 1 aliphatic rings. The molecule has 2 amide bonds. The molecule has 0 saturated carbocycles. The topological polar surface area (TPSA) is 138 Å². The van der Waals surface area contributed by atoms with Crippen LogP contribution in [0.15, 0.2) is 47.3 Å². The van der Waals surface area contributed by atoms with Crippen molar-refractivity contribution in [2.45, 2.75) is 63.2 Å². The van der Waals surface area contributed by atoms with Gasteiger partial charge in [-0.15, -0.1) is 0 Å². The Labute approximate surface area is 233 Å². The fourth-order valence-corrected chi connectivity index (χ4v) is 5.16. The second-order valence-corrected chi connectivity index (χ2v) is 10.5. The van der Waals surface area contributed by atoms with Crippen molar-refractivity contribution in [3.63, 3.8) is 0 Å². The molecule has 212 valence electrons. The molecule has 1 saturated heterocycles. The number of carboxylic acids is 1. The van der Waals surface area contributed by atoms with Gasteiger partial charge in [-0.25, -0.2) is 0 Å². The van der Waals surface area contributed by atoms with E-state index in [4.69, 9.17) is 17.3 Å². The van der Waals surface area contributed by atoms with Crippen LogP contribution >= 0.6 is 11.6 Å². The number of carbonyl (C=O) groups is 3. The summed E-state index contributed by atoms with van der Waals surface area (Å²) in [6, 6.07) is 12.6. The summed E-state index contributed by atoms with van der Waals surface area (Å²) in [6.45, 7) is 1.87. The molecule has 0 radical (unpaired) electrons. The lowest BCUT2D eigenvalue weighted by atomic mass is 10.0.